The molecule has 134 valence electrons. The number of alkyl halides is 1. The Hall–Kier alpha value is -0.100. The van der Waals surface area contributed by atoms with E-state index in [2.05, 4.69) is 47.9 Å². The third kappa shape index (κ3) is 6.37. The number of carbonyl (C=O) groups excluding carboxylic acids is 1. The van der Waals surface area contributed by atoms with Gasteiger partial charge in [-0.3, -0.25) is 9.69 Å². The van der Waals surface area contributed by atoms with Gasteiger partial charge in [-0.05, 0) is 59.0 Å². The molecular formula is C19H34INO2. The van der Waals surface area contributed by atoms with Crippen LogP contribution in [-0.4, -0.2) is 40.5 Å². The van der Waals surface area contributed by atoms with E-state index in [0.29, 0.717) is 10.3 Å². The zero-order valence-corrected chi connectivity index (χ0v) is 17.7. The van der Waals surface area contributed by atoms with Gasteiger partial charge in [0.15, 0.2) is 0 Å². The van der Waals surface area contributed by atoms with Crippen molar-refractivity contribution in [1.29, 1.82) is 0 Å². The molecule has 1 heterocycles. The predicted molar refractivity (Wildman–Crippen MR) is 106 cm³/mol. The van der Waals surface area contributed by atoms with Crippen molar-refractivity contribution >= 4 is 28.6 Å². The van der Waals surface area contributed by atoms with Gasteiger partial charge in [-0.1, -0.05) is 48.4 Å². The van der Waals surface area contributed by atoms with Gasteiger partial charge in [0.25, 0.3) is 0 Å². The van der Waals surface area contributed by atoms with Crippen LogP contribution in [0.25, 0.3) is 0 Å². The minimum Gasteiger partial charge on any atom is -0.461 e. The van der Waals surface area contributed by atoms with Crippen molar-refractivity contribution in [2.24, 2.45) is 11.3 Å². The molecule has 1 fully saturated rings. The SMILES string of the molecule is C=C(C)CC(C)(C(=O)O[C@H](C)CN1CCCCC1)[C@H](C)[C@@H](C)I. The molecule has 1 saturated heterocycles. The number of hydrogen-bond acceptors (Lipinski definition) is 3. The van der Waals surface area contributed by atoms with Gasteiger partial charge in [-0.2, -0.15) is 0 Å². The number of likely N-dealkylation sites (tertiary alicyclic amines) is 1. The Balaban J connectivity index is 2.70. The van der Waals surface area contributed by atoms with E-state index in [1.165, 1.54) is 19.3 Å². The molecule has 0 saturated carbocycles. The van der Waals surface area contributed by atoms with E-state index in [0.717, 1.165) is 25.2 Å². The van der Waals surface area contributed by atoms with Crippen LogP contribution >= 0.6 is 22.6 Å². The Morgan fingerprint density at radius 1 is 1.26 bits per heavy atom. The van der Waals surface area contributed by atoms with Crippen molar-refractivity contribution in [3.63, 3.8) is 0 Å². The Kier molecular flexibility index (Phi) is 8.56. The van der Waals surface area contributed by atoms with Crippen molar-refractivity contribution in [2.75, 3.05) is 19.6 Å². The number of esters is 1. The number of ether oxygens (including phenoxy) is 1. The fourth-order valence-electron chi connectivity index (χ4n) is 3.41. The van der Waals surface area contributed by atoms with E-state index in [1.54, 1.807) is 0 Å². The Morgan fingerprint density at radius 2 is 1.83 bits per heavy atom. The number of piperidine rings is 1. The van der Waals surface area contributed by atoms with E-state index in [9.17, 15) is 4.79 Å². The van der Waals surface area contributed by atoms with Gasteiger partial charge >= 0.3 is 5.97 Å². The lowest BCUT2D eigenvalue weighted by atomic mass is 9.72. The topological polar surface area (TPSA) is 29.5 Å². The van der Waals surface area contributed by atoms with Gasteiger partial charge in [0, 0.05) is 10.5 Å². The molecule has 1 aliphatic heterocycles. The summed E-state index contributed by atoms with van der Waals surface area (Å²) in [6, 6.07) is 0. The van der Waals surface area contributed by atoms with Crippen LogP contribution in [-0.2, 0) is 9.53 Å². The molecule has 4 atom stereocenters. The molecule has 0 amide bonds. The lowest BCUT2D eigenvalue weighted by Crippen LogP contribution is -2.43. The molecule has 0 radical (unpaired) electrons. The molecule has 23 heavy (non-hydrogen) atoms. The van der Waals surface area contributed by atoms with Gasteiger partial charge in [-0.15, -0.1) is 6.58 Å². The zero-order valence-electron chi connectivity index (χ0n) is 15.5. The summed E-state index contributed by atoms with van der Waals surface area (Å²) in [6.45, 7) is 17.5. The van der Waals surface area contributed by atoms with Gasteiger partial charge in [-0.25, -0.2) is 0 Å². The van der Waals surface area contributed by atoms with E-state index in [4.69, 9.17) is 4.74 Å². The summed E-state index contributed by atoms with van der Waals surface area (Å²) >= 11 is 2.41. The van der Waals surface area contributed by atoms with Crippen LogP contribution in [0.1, 0.15) is 60.3 Å². The fraction of sp³-hybridized carbons (Fsp3) is 0.842. The molecular weight excluding hydrogens is 401 g/mol. The summed E-state index contributed by atoms with van der Waals surface area (Å²) in [5, 5.41) is 0. The van der Waals surface area contributed by atoms with Gasteiger partial charge in [0.2, 0.25) is 0 Å². The largest absolute Gasteiger partial charge is 0.461 e. The summed E-state index contributed by atoms with van der Waals surface area (Å²) in [7, 11) is 0. The molecule has 3 nitrogen and oxygen atoms in total. The van der Waals surface area contributed by atoms with E-state index in [-0.39, 0.29) is 18.0 Å². The number of carbonyl (C=O) groups is 1. The normalized spacial score (nSPS) is 22.7. The minimum absolute atomic E-state index is 0.0539. The van der Waals surface area contributed by atoms with E-state index >= 15 is 0 Å². The lowest BCUT2D eigenvalue weighted by molar-refractivity contribution is -0.163. The average Bonchev–Trinajstić information content (AvgIpc) is 2.46. The summed E-state index contributed by atoms with van der Waals surface area (Å²) in [4.78, 5) is 15.3. The molecule has 1 rings (SSSR count). The van der Waals surface area contributed by atoms with Crippen LogP contribution in [0.4, 0.5) is 0 Å². The van der Waals surface area contributed by atoms with Crippen molar-refractivity contribution < 1.29 is 9.53 Å². The average molecular weight is 435 g/mol. The first kappa shape index (κ1) is 20.9. The standard InChI is InChI=1S/C19H34INO2/c1-14(2)12-19(6,16(4)17(5)20)18(22)23-15(3)13-21-10-8-7-9-11-21/h15-17H,1,7-13H2,2-6H3/t15-,16-,17-,19?/m1/s1. The maximum absolute atomic E-state index is 12.9. The number of hydrogen-bond donors (Lipinski definition) is 0. The van der Waals surface area contributed by atoms with Crippen molar-refractivity contribution in [1.82, 2.24) is 4.90 Å². The molecule has 1 unspecified atom stereocenters. The predicted octanol–water partition coefficient (Wildman–Crippen LogP) is 4.84. The molecule has 0 bridgehead atoms. The highest BCUT2D eigenvalue weighted by atomic mass is 127. The zero-order chi connectivity index (χ0) is 17.6. The highest BCUT2D eigenvalue weighted by Crippen LogP contribution is 2.39. The number of nitrogens with zero attached hydrogens (tertiary/aromatic N) is 1. The van der Waals surface area contributed by atoms with Gasteiger partial charge < -0.3 is 4.74 Å². The van der Waals surface area contributed by atoms with Crippen LogP contribution in [0.15, 0.2) is 12.2 Å². The lowest BCUT2D eigenvalue weighted by Gasteiger charge is -2.37. The molecule has 0 N–H and O–H groups in total. The Morgan fingerprint density at radius 3 is 2.30 bits per heavy atom. The van der Waals surface area contributed by atoms with Crippen molar-refractivity contribution in [3.8, 4) is 0 Å². The van der Waals surface area contributed by atoms with E-state index in [1.807, 2.05) is 20.8 Å². The first-order valence-corrected chi connectivity index (χ1v) is 10.1. The Bertz CT molecular complexity index is 404. The quantitative estimate of drug-likeness (QED) is 0.237. The second kappa shape index (κ2) is 9.40. The maximum atomic E-state index is 12.9. The van der Waals surface area contributed by atoms with Crippen LogP contribution < -0.4 is 0 Å². The number of allylic oxidation sites excluding steroid dienone is 1. The molecule has 0 aromatic rings. The summed E-state index contributed by atoms with van der Waals surface area (Å²) in [5.74, 6) is 0.176. The first-order valence-electron chi connectivity index (χ1n) is 8.88. The summed E-state index contributed by atoms with van der Waals surface area (Å²) in [5.41, 5.74) is 0.541. The van der Waals surface area contributed by atoms with Crippen LogP contribution in [0, 0.1) is 11.3 Å². The second-order valence-electron chi connectivity index (χ2n) is 7.59. The monoisotopic (exact) mass is 435 g/mol. The van der Waals surface area contributed by atoms with Crippen LogP contribution in [0.2, 0.25) is 0 Å². The first-order chi connectivity index (χ1) is 10.7. The van der Waals surface area contributed by atoms with Crippen molar-refractivity contribution in [2.45, 2.75) is 70.3 Å². The highest BCUT2D eigenvalue weighted by Gasteiger charge is 2.42. The van der Waals surface area contributed by atoms with Gasteiger partial charge in [0.1, 0.15) is 6.10 Å². The van der Waals surface area contributed by atoms with Crippen molar-refractivity contribution in [3.05, 3.63) is 12.2 Å². The number of rotatable bonds is 8. The molecule has 0 aliphatic carbocycles. The van der Waals surface area contributed by atoms with Crippen LogP contribution in [0.3, 0.4) is 0 Å². The van der Waals surface area contributed by atoms with Gasteiger partial charge in [0.05, 0.1) is 5.41 Å². The molecule has 4 heteroatoms. The molecule has 0 aromatic carbocycles. The minimum atomic E-state index is -0.497. The Labute approximate surface area is 156 Å². The van der Waals surface area contributed by atoms with Crippen LogP contribution in [0.5, 0.6) is 0 Å². The molecule has 0 aromatic heterocycles. The molecule has 0 spiro atoms. The smallest absolute Gasteiger partial charge is 0.312 e. The molecule has 1 aliphatic rings. The van der Waals surface area contributed by atoms with E-state index < -0.39 is 5.41 Å². The maximum Gasteiger partial charge on any atom is 0.312 e. The number of halogens is 1. The summed E-state index contributed by atoms with van der Waals surface area (Å²) in [6.07, 6.45) is 4.49. The highest BCUT2D eigenvalue weighted by molar-refractivity contribution is 14.1. The third-order valence-electron chi connectivity index (χ3n) is 5.10. The fourth-order valence-corrected chi connectivity index (χ4v) is 4.21. The third-order valence-corrected chi connectivity index (χ3v) is 6.18. The second-order valence-corrected chi connectivity index (χ2v) is 9.56. The summed E-state index contributed by atoms with van der Waals surface area (Å²) < 4.78 is 6.27.